The van der Waals surface area contributed by atoms with Crippen LogP contribution in [0.3, 0.4) is 0 Å². The molecule has 1 aromatic carbocycles. The van der Waals surface area contributed by atoms with Crippen molar-refractivity contribution in [1.82, 2.24) is 9.78 Å². The second-order valence-electron chi connectivity index (χ2n) is 7.24. The fourth-order valence-electron chi connectivity index (χ4n) is 3.83. The number of furan rings is 1. The number of nitrogens with zero attached hydrogens (tertiary/aromatic N) is 2. The predicted octanol–water partition coefficient (Wildman–Crippen LogP) is 2.22. The Labute approximate surface area is 163 Å². The Morgan fingerprint density at radius 1 is 1.21 bits per heavy atom. The van der Waals surface area contributed by atoms with Crippen LogP contribution < -0.4 is 15.4 Å². The van der Waals surface area contributed by atoms with E-state index >= 15 is 0 Å². The minimum absolute atomic E-state index is 0.0845. The van der Waals surface area contributed by atoms with Gasteiger partial charge in [-0.2, -0.15) is 4.68 Å². The smallest absolute Gasteiger partial charge is 0.437 e. The number of hydrogen-bond donors (Lipinski definition) is 1. The molecule has 3 aromatic rings. The van der Waals surface area contributed by atoms with Gasteiger partial charge < -0.3 is 18.5 Å². The van der Waals surface area contributed by atoms with Gasteiger partial charge in [0.05, 0.1) is 37.6 Å². The predicted molar refractivity (Wildman–Crippen MR) is 103 cm³/mol. The fourth-order valence-corrected chi connectivity index (χ4v) is 3.83. The molecule has 7 heteroatoms. The lowest BCUT2D eigenvalue weighted by molar-refractivity contribution is -0.919. The van der Waals surface area contributed by atoms with Crippen LogP contribution in [0.1, 0.15) is 37.1 Å². The number of benzene rings is 1. The molecule has 0 radical (unpaired) electrons. The highest BCUT2D eigenvalue weighted by Crippen LogP contribution is 2.23. The lowest BCUT2D eigenvalue weighted by Gasteiger charge is -2.28. The van der Waals surface area contributed by atoms with Gasteiger partial charge in [-0.15, -0.1) is 5.10 Å². The molecule has 148 valence electrons. The molecule has 0 unspecified atom stereocenters. The van der Waals surface area contributed by atoms with Gasteiger partial charge in [-0.05, 0) is 44.2 Å². The number of rotatable bonds is 6. The number of piperidine rings is 1. The molecule has 1 aliphatic heterocycles. The number of aromatic nitrogens is 2. The van der Waals surface area contributed by atoms with Gasteiger partial charge in [0.1, 0.15) is 18.1 Å². The van der Waals surface area contributed by atoms with Crippen LogP contribution in [0.25, 0.3) is 11.5 Å². The zero-order valence-corrected chi connectivity index (χ0v) is 16.3. The van der Waals surface area contributed by atoms with E-state index in [2.05, 4.69) is 17.2 Å². The van der Waals surface area contributed by atoms with Crippen LogP contribution in [0.2, 0.25) is 0 Å². The molecular weight excluding hydrogens is 358 g/mol. The van der Waals surface area contributed by atoms with Crippen molar-refractivity contribution in [2.24, 2.45) is 0 Å². The first-order valence-electron chi connectivity index (χ1n) is 9.83. The van der Waals surface area contributed by atoms with Gasteiger partial charge in [0, 0.05) is 18.4 Å². The van der Waals surface area contributed by atoms with Crippen molar-refractivity contribution in [3.63, 3.8) is 0 Å². The second kappa shape index (κ2) is 8.06. The molecule has 3 heterocycles. The molecule has 1 aliphatic rings. The summed E-state index contributed by atoms with van der Waals surface area (Å²) in [5.74, 6) is 1.55. The van der Waals surface area contributed by atoms with Crippen LogP contribution in [-0.4, -0.2) is 29.5 Å². The van der Waals surface area contributed by atoms with Crippen molar-refractivity contribution in [3.05, 3.63) is 58.5 Å². The highest BCUT2D eigenvalue weighted by Gasteiger charge is 2.27. The van der Waals surface area contributed by atoms with E-state index in [1.54, 1.807) is 12.3 Å². The van der Waals surface area contributed by atoms with Gasteiger partial charge in [-0.25, -0.2) is 4.79 Å². The molecule has 0 aliphatic carbocycles. The maximum absolute atomic E-state index is 12.3. The normalized spacial score (nSPS) is 19.6. The van der Waals surface area contributed by atoms with Crippen molar-refractivity contribution >= 4 is 0 Å². The molecule has 0 spiro atoms. The van der Waals surface area contributed by atoms with E-state index in [-0.39, 0.29) is 6.04 Å². The fraction of sp³-hybridized carbons (Fsp3) is 0.429. The lowest BCUT2D eigenvalue weighted by Crippen LogP contribution is -3.11. The molecule has 0 bridgehead atoms. The minimum atomic E-state index is -0.393. The molecule has 0 amide bonds. The summed E-state index contributed by atoms with van der Waals surface area (Å²) in [6.07, 6.45) is 3.39. The van der Waals surface area contributed by atoms with E-state index in [9.17, 15) is 4.79 Å². The second-order valence-corrected chi connectivity index (χ2v) is 7.24. The van der Waals surface area contributed by atoms with Crippen LogP contribution in [0.4, 0.5) is 0 Å². The quantitative estimate of drug-likeness (QED) is 0.705. The lowest BCUT2D eigenvalue weighted by atomic mass is 10.0. The van der Waals surface area contributed by atoms with Crippen molar-refractivity contribution in [2.75, 3.05) is 19.7 Å². The van der Waals surface area contributed by atoms with Gasteiger partial charge in [-0.1, -0.05) is 0 Å². The van der Waals surface area contributed by atoms with Crippen molar-refractivity contribution in [2.45, 2.75) is 39.3 Å². The molecular formula is C21H26N3O4+. The van der Waals surface area contributed by atoms with Crippen molar-refractivity contribution in [3.8, 4) is 17.2 Å². The third-order valence-corrected chi connectivity index (χ3v) is 5.36. The van der Waals surface area contributed by atoms with E-state index < -0.39 is 5.76 Å². The first-order chi connectivity index (χ1) is 13.6. The summed E-state index contributed by atoms with van der Waals surface area (Å²) in [7, 11) is 0. The van der Waals surface area contributed by atoms with Crippen LogP contribution in [0.5, 0.6) is 5.75 Å². The maximum Gasteiger partial charge on any atom is 0.437 e. The maximum atomic E-state index is 12.3. The van der Waals surface area contributed by atoms with E-state index in [0.29, 0.717) is 18.3 Å². The average Bonchev–Trinajstić information content (AvgIpc) is 3.29. The van der Waals surface area contributed by atoms with Crippen LogP contribution in [0.15, 0.2) is 50.2 Å². The summed E-state index contributed by atoms with van der Waals surface area (Å²) in [6, 6.07) is 10.2. The summed E-state index contributed by atoms with van der Waals surface area (Å²) in [6.45, 7) is 7.47. The molecule has 4 rings (SSSR count). The summed E-state index contributed by atoms with van der Waals surface area (Å²) >= 11 is 0. The molecule has 1 N–H and O–H groups in total. The highest BCUT2D eigenvalue weighted by atomic mass is 16.5. The Morgan fingerprint density at radius 3 is 2.61 bits per heavy atom. The largest absolute Gasteiger partial charge is 0.494 e. The molecule has 1 fully saturated rings. The molecule has 1 saturated heterocycles. The number of ether oxygens (including phenoxy) is 1. The first kappa shape index (κ1) is 18.6. The van der Waals surface area contributed by atoms with Gasteiger partial charge in [0.25, 0.3) is 5.89 Å². The van der Waals surface area contributed by atoms with Crippen LogP contribution in [0, 0.1) is 6.92 Å². The summed E-state index contributed by atoms with van der Waals surface area (Å²) in [4.78, 5) is 13.8. The topological polar surface area (TPSA) is 74.8 Å². The van der Waals surface area contributed by atoms with Crippen molar-refractivity contribution < 1.29 is 18.5 Å². The van der Waals surface area contributed by atoms with Gasteiger partial charge >= 0.3 is 5.76 Å². The highest BCUT2D eigenvalue weighted by molar-refractivity contribution is 5.54. The Hall–Kier alpha value is -2.80. The molecule has 2 aromatic heterocycles. The summed E-state index contributed by atoms with van der Waals surface area (Å²) < 4.78 is 17.7. The average molecular weight is 384 g/mol. The van der Waals surface area contributed by atoms with E-state index in [1.165, 1.54) is 15.1 Å². The number of likely N-dealkylation sites (tertiary alicyclic amines) is 1. The molecule has 7 nitrogen and oxygen atoms in total. The SMILES string of the molecule is CCOc1ccc(C[NH+]2CCC(n3nc(-c4ccoc4C)oc3=O)CC2)cc1. The molecule has 0 atom stereocenters. The van der Waals surface area contributed by atoms with Gasteiger partial charge in [0.2, 0.25) is 0 Å². The van der Waals surface area contributed by atoms with Crippen LogP contribution >= 0.6 is 0 Å². The van der Waals surface area contributed by atoms with E-state index in [1.807, 2.05) is 26.0 Å². The van der Waals surface area contributed by atoms with Gasteiger partial charge in [-0.3, -0.25) is 0 Å². The zero-order chi connectivity index (χ0) is 19.5. The monoisotopic (exact) mass is 384 g/mol. The molecule has 28 heavy (non-hydrogen) atoms. The first-order valence-corrected chi connectivity index (χ1v) is 9.83. The Kier molecular flexibility index (Phi) is 5.34. The van der Waals surface area contributed by atoms with Gasteiger partial charge in [0.15, 0.2) is 0 Å². The number of hydrogen-bond acceptors (Lipinski definition) is 5. The third kappa shape index (κ3) is 3.89. The Balaban J connectivity index is 1.37. The molecule has 0 saturated carbocycles. The number of quaternary nitrogens is 1. The number of nitrogens with one attached hydrogen (secondary N) is 1. The van der Waals surface area contributed by atoms with E-state index in [4.69, 9.17) is 13.6 Å². The number of aryl methyl sites for hydroxylation is 1. The van der Waals surface area contributed by atoms with E-state index in [0.717, 1.165) is 43.8 Å². The summed E-state index contributed by atoms with van der Waals surface area (Å²) in [5.41, 5.74) is 2.03. The summed E-state index contributed by atoms with van der Waals surface area (Å²) in [5, 5.41) is 4.43. The third-order valence-electron chi connectivity index (χ3n) is 5.36. The van der Waals surface area contributed by atoms with Crippen LogP contribution in [-0.2, 0) is 6.54 Å². The minimum Gasteiger partial charge on any atom is -0.494 e. The Morgan fingerprint density at radius 2 is 1.96 bits per heavy atom. The zero-order valence-electron chi connectivity index (χ0n) is 16.3. The van der Waals surface area contributed by atoms with Crippen molar-refractivity contribution in [1.29, 1.82) is 0 Å². The standard InChI is InChI=1S/C21H25N3O4/c1-3-26-18-6-4-16(5-7-18)14-23-11-8-17(9-12-23)24-21(25)28-20(22-24)19-10-13-27-15(19)2/h4-7,10,13,17H,3,8-9,11-12,14H2,1-2H3/p+1. The Bertz CT molecular complexity index is 962.